The van der Waals surface area contributed by atoms with Gasteiger partial charge < -0.3 is 14.2 Å². The van der Waals surface area contributed by atoms with Crippen molar-refractivity contribution >= 4 is 11.7 Å². The van der Waals surface area contributed by atoms with E-state index in [4.69, 9.17) is 14.2 Å². The van der Waals surface area contributed by atoms with Gasteiger partial charge in [-0.2, -0.15) is 0 Å². The molecule has 0 atom stereocenters. The minimum Gasteiger partial charge on any atom is -0.457 e. The molecular formula is C16H13NO6. The van der Waals surface area contributed by atoms with Gasteiger partial charge in [-0.3, -0.25) is 10.1 Å². The van der Waals surface area contributed by atoms with Gasteiger partial charge >= 0.3 is 5.97 Å². The number of hydrogen-bond donors (Lipinski definition) is 0. The van der Waals surface area contributed by atoms with Gasteiger partial charge in [-0.25, -0.2) is 4.79 Å². The zero-order valence-corrected chi connectivity index (χ0v) is 12.3. The molecule has 7 nitrogen and oxygen atoms in total. The van der Waals surface area contributed by atoms with E-state index in [2.05, 4.69) is 0 Å². The quantitative estimate of drug-likeness (QED) is 0.489. The summed E-state index contributed by atoms with van der Waals surface area (Å²) in [7, 11) is 0. The Kier molecular flexibility index (Phi) is 3.84. The number of carbonyl (C=O) groups excluding carboxylic acids is 1. The summed E-state index contributed by atoms with van der Waals surface area (Å²) in [5, 5.41) is 11.2. The Balaban J connectivity index is 1.84. The summed E-state index contributed by atoms with van der Waals surface area (Å²) in [6.45, 7) is 1.90. The fourth-order valence-corrected chi connectivity index (χ4v) is 2.24. The highest BCUT2D eigenvalue weighted by atomic mass is 16.7. The van der Waals surface area contributed by atoms with Crippen LogP contribution in [0.25, 0.3) is 0 Å². The third kappa shape index (κ3) is 2.94. The zero-order valence-electron chi connectivity index (χ0n) is 12.3. The van der Waals surface area contributed by atoms with Gasteiger partial charge in [-0.05, 0) is 18.1 Å². The van der Waals surface area contributed by atoms with Gasteiger partial charge in [-0.1, -0.05) is 24.3 Å². The van der Waals surface area contributed by atoms with Crippen molar-refractivity contribution in [1.82, 2.24) is 0 Å². The third-order valence-electron chi connectivity index (χ3n) is 3.53. The normalized spacial score (nSPS) is 12.0. The summed E-state index contributed by atoms with van der Waals surface area (Å²) in [4.78, 5) is 22.7. The fraction of sp³-hybridized carbons (Fsp3) is 0.188. The molecule has 0 saturated heterocycles. The Labute approximate surface area is 131 Å². The topological polar surface area (TPSA) is 87.9 Å². The van der Waals surface area contributed by atoms with Gasteiger partial charge in [-0.15, -0.1) is 0 Å². The number of nitro groups is 1. The number of hydrogen-bond acceptors (Lipinski definition) is 6. The first kappa shape index (κ1) is 14.8. The third-order valence-corrected chi connectivity index (χ3v) is 3.53. The van der Waals surface area contributed by atoms with Crippen LogP contribution in [0.4, 0.5) is 5.69 Å². The molecule has 0 spiro atoms. The molecular weight excluding hydrogens is 302 g/mol. The van der Waals surface area contributed by atoms with Gasteiger partial charge in [0.25, 0.3) is 5.69 Å². The van der Waals surface area contributed by atoms with Gasteiger partial charge in [0.05, 0.1) is 11.0 Å². The summed E-state index contributed by atoms with van der Waals surface area (Å²) < 4.78 is 15.4. The number of ether oxygens (including phenoxy) is 3. The zero-order chi connectivity index (χ0) is 16.4. The molecule has 7 heteroatoms. The molecule has 0 unspecified atom stereocenters. The lowest BCUT2D eigenvalue weighted by molar-refractivity contribution is -0.385. The van der Waals surface area contributed by atoms with Crippen LogP contribution in [0.3, 0.4) is 0 Å². The average Bonchev–Trinajstić information content (AvgIpc) is 3.00. The molecule has 2 aromatic carbocycles. The Morgan fingerprint density at radius 1 is 1.26 bits per heavy atom. The van der Waals surface area contributed by atoms with E-state index in [0.717, 1.165) is 11.1 Å². The highest BCUT2D eigenvalue weighted by Crippen LogP contribution is 2.38. The summed E-state index contributed by atoms with van der Waals surface area (Å²) in [5.41, 5.74) is 1.28. The van der Waals surface area contributed by atoms with E-state index in [1.165, 1.54) is 12.1 Å². The number of benzene rings is 2. The number of nitrogens with zero attached hydrogens (tertiary/aromatic N) is 1. The SMILES string of the molecule is Cc1ccccc1COC(=O)c1cc2c(cc1[N+](=O)[O-])OCO2. The molecule has 118 valence electrons. The predicted octanol–water partition coefficient (Wildman–Crippen LogP) is 2.99. The number of rotatable bonds is 4. The van der Waals surface area contributed by atoms with Crippen LogP contribution in [-0.4, -0.2) is 17.7 Å². The van der Waals surface area contributed by atoms with E-state index < -0.39 is 10.9 Å². The van der Waals surface area contributed by atoms with Crippen LogP contribution in [0.2, 0.25) is 0 Å². The number of aryl methyl sites for hydroxylation is 1. The summed E-state index contributed by atoms with van der Waals surface area (Å²) in [6, 6.07) is 9.89. The van der Waals surface area contributed by atoms with Gasteiger partial charge in [0.1, 0.15) is 12.2 Å². The van der Waals surface area contributed by atoms with Crippen molar-refractivity contribution in [3.05, 3.63) is 63.2 Å². The lowest BCUT2D eigenvalue weighted by Crippen LogP contribution is -2.09. The van der Waals surface area contributed by atoms with E-state index in [9.17, 15) is 14.9 Å². The fourth-order valence-electron chi connectivity index (χ4n) is 2.24. The molecule has 23 heavy (non-hydrogen) atoms. The molecule has 3 rings (SSSR count). The van der Waals surface area contributed by atoms with E-state index in [-0.39, 0.29) is 30.4 Å². The molecule has 2 aromatic rings. The second kappa shape index (κ2) is 5.96. The second-order valence-electron chi connectivity index (χ2n) is 4.98. The van der Waals surface area contributed by atoms with Gasteiger partial charge in [0.2, 0.25) is 6.79 Å². The Bertz CT molecular complexity index is 786. The van der Waals surface area contributed by atoms with Crippen molar-refractivity contribution < 1.29 is 23.9 Å². The van der Waals surface area contributed by atoms with Gasteiger partial charge in [0.15, 0.2) is 11.5 Å². The van der Waals surface area contributed by atoms with Crippen LogP contribution in [0.1, 0.15) is 21.5 Å². The molecule has 0 fully saturated rings. The van der Waals surface area contributed by atoms with E-state index >= 15 is 0 Å². The van der Waals surface area contributed by atoms with Crippen LogP contribution < -0.4 is 9.47 Å². The minimum atomic E-state index is -0.779. The van der Waals surface area contributed by atoms with Crippen molar-refractivity contribution in [2.45, 2.75) is 13.5 Å². The molecule has 0 saturated carbocycles. The van der Waals surface area contributed by atoms with E-state index in [0.29, 0.717) is 5.75 Å². The summed E-state index contributed by atoms with van der Waals surface area (Å²) in [5.74, 6) is -0.246. The lowest BCUT2D eigenvalue weighted by atomic mass is 10.1. The summed E-state index contributed by atoms with van der Waals surface area (Å²) >= 11 is 0. The van der Waals surface area contributed by atoms with Crippen molar-refractivity contribution in [3.8, 4) is 11.5 Å². The summed E-state index contributed by atoms with van der Waals surface area (Å²) in [6.07, 6.45) is 0. The number of fused-ring (bicyclic) bond motifs is 1. The van der Waals surface area contributed by atoms with Crippen LogP contribution >= 0.6 is 0 Å². The Morgan fingerprint density at radius 2 is 1.96 bits per heavy atom. The Morgan fingerprint density at radius 3 is 2.65 bits per heavy atom. The van der Waals surface area contributed by atoms with E-state index in [1.54, 1.807) is 0 Å². The molecule has 0 N–H and O–H groups in total. The van der Waals surface area contributed by atoms with Crippen LogP contribution in [0.15, 0.2) is 36.4 Å². The van der Waals surface area contributed by atoms with Crippen LogP contribution in [0.5, 0.6) is 11.5 Å². The maximum atomic E-state index is 12.2. The lowest BCUT2D eigenvalue weighted by Gasteiger charge is -2.08. The molecule has 1 heterocycles. The number of nitro benzene ring substituents is 1. The second-order valence-corrected chi connectivity index (χ2v) is 4.98. The first-order valence-corrected chi connectivity index (χ1v) is 6.86. The molecule has 0 aliphatic carbocycles. The average molecular weight is 315 g/mol. The molecule has 0 radical (unpaired) electrons. The maximum absolute atomic E-state index is 12.2. The smallest absolute Gasteiger partial charge is 0.345 e. The number of carbonyl (C=O) groups is 1. The number of esters is 1. The first-order valence-electron chi connectivity index (χ1n) is 6.86. The van der Waals surface area contributed by atoms with Crippen molar-refractivity contribution in [2.75, 3.05) is 6.79 Å². The van der Waals surface area contributed by atoms with Crippen LogP contribution in [0, 0.1) is 17.0 Å². The maximum Gasteiger partial charge on any atom is 0.345 e. The molecule has 0 amide bonds. The molecule has 0 aromatic heterocycles. The largest absolute Gasteiger partial charge is 0.457 e. The Hall–Kier alpha value is -3.09. The van der Waals surface area contributed by atoms with E-state index in [1.807, 2.05) is 31.2 Å². The molecule has 0 bridgehead atoms. The van der Waals surface area contributed by atoms with Gasteiger partial charge in [0, 0.05) is 6.07 Å². The van der Waals surface area contributed by atoms with Crippen molar-refractivity contribution in [3.63, 3.8) is 0 Å². The highest BCUT2D eigenvalue weighted by molar-refractivity contribution is 5.95. The highest BCUT2D eigenvalue weighted by Gasteiger charge is 2.28. The minimum absolute atomic E-state index is 0.0335. The van der Waals surface area contributed by atoms with Crippen LogP contribution in [-0.2, 0) is 11.3 Å². The monoisotopic (exact) mass is 315 g/mol. The molecule has 1 aliphatic rings. The molecule has 1 aliphatic heterocycles. The van der Waals surface area contributed by atoms with Crippen molar-refractivity contribution in [1.29, 1.82) is 0 Å². The van der Waals surface area contributed by atoms with Crippen molar-refractivity contribution in [2.24, 2.45) is 0 Å². The first-order chi connectivity index (χ1) is 11.1. The standard InChI is InChI=1S/C16H13NO6/c1-10-4-2-3-5-11(10)8-21-16(18)12-6-14-15(23-9-22-14)7-13(12)17(19)20/h2-7H,8-9H2,1H3. The predicted molar refractivity (Wildman–Crippen MR) is 79.5 cm³/mol.